The zero-order valence-corrected chi connectivity index (χ0v) is 13.4. The molecule has 1 aromatic carbocycles. The number of halogens is 3. The molecule has 106 valence electrons. The molecule has 0 unspecified atom stereocenters. The van der Waals surface area contributed by atoms with Crippen LogP contribution in [-0.4, -0.2) is 16.1 Å². The summed E-state index contributed by atoms with van der Waals surface area (Å²) in [6.07, 6.45) is 0. The van der Waals surface area contributed by atoms with Gasteiger partial charge in [-0.1, -0.05) is 34.8 Å². The van der Waals surface area contributed by atoms with Crippen molar-refractivity contribution in [2.24, 2.45) is 0 Å². The van der Waals surface area contributed by atoms with E-state index in [4.69, 9.17) is 39.5 Å². The van der Waals surface area contributed by atoms with Crippen LogP contribution < -0.4 is 23.6 Å². The Morgan fingerprint density at radius 2 is 1.90 bits per heavy atom. The molecule has 4 nitrogen and oxygen atoms in total. The number of hydrogen-bond donors (Lipinski definition) is 1. The molecule has 0 amide bonds. The van der Waals surface area contributed by atoms with E-state index in [1.54, 1.807) is 19.1 Å². The number of carboxylic acids is 1. The first-order valence-corrected chi connectivity index (χ1v) is 6.55. The van der Waals surface area contributed by atoms with Crippen LogP contribution in [0.5, 0.6) is 11.5 Å². The van der Waals surface area contributed by atoms with Gasteiger partial charge in [-0.15, -0.1) is 0 Å². The number of carbonyl (C=O) groups is 1. The van der Waals surface area contributed by atoms with Crippen LogP contribution in [0.15, 0.2) is 24.3 Å². The number of aromatic nitrogens is 1. The minimum absolute atomic E-state index is 0. The fraction of sp³-hybridized carbons (Fsp3) is 0.0769. The van der Waals surface area contributed by atoms with Gasteiger partial charge in [0.2, 0.25) is 0 Å². The third-order valence-corrected chi connectivity index (χ3v) is 3.22. The number of rotatable bonds is 3. The van der Waals surface area contributed by atoms with Gasteiger partial charge in [0.1, 0.15) is 22.2 Å². The summed E-state index contributed by atoms with van der Waals surface area (Å²) in [5.41, 5.74) is 0.293. The van der Waals surface area contributed by atoms with E-state index in [-0.39, 0.29) is 42.5 Å². The minimum atomic E-state index is -1.24. The number of carboxylic acid groups (broad SMARTS) is 1. The van der Waals surface area contributed by atoms with Crippen molar-refractivity contribution >= 4 is 40.8 Å². The molecule has 21 heavy (non-hydrogen) atoms. The summed E-state index contributed by atoms with van der Waals surface area (Å²) < 4.78 is 5.52. The molecule has 8 heteroatoms. The SMILES string of the molecule is Cc1cc(Oc2cc(Cl)ccc2Cl)c(C(=O)O)c(Cl)n1.[H-].[Li+]. The Morgan fingerprint density at radius 3 is 2.52 bits per heavy atom. The zero-order valence-electron chi connectivity index (χ0n) is 12.2. The largest absolute Gasteiger partial charge is 1.00 e. The van der Waals surface area contributed by atoms with Gasteiger partial charge in [-0.2, -0.15) is 0 Å². The van der Waals surface area contributed by atoms with E-state index in [2.05, 4.69) is 4.98 Å². The topological polar surface area (TPSA) is 59.4 Å². The van der Waals surface area contributed by atoms with E-state index < -0.39 is 5.97 Å². The number of pyridine rings is 1. The van der Waals surface area contributed by atoms with Crippen molar-refractivity contribution in [3.8, 4) is 11.5 Å². The fourth-order valence-corrected chi connectivity index (χ4v) is 2.18. The number of ether oxygens (including phenoxy) is 1. The number of aromatic carboxylic acids is 1. The Hall–Kier alpha value is -0.893. The molecule has 1 N–H and O–H groups in total. The number of benzene rings is 1. The van der Waals surface area contributed by atoms with Gasteiger partial charge in [0.15, 0.2) is 0 Å². The number of aryl methyl sites for hydroxylation is 1. The molecule has 0 aliphatic carbocycles. The van der Waals surface area contributed by atoms with Crippen LogP contribution in [0.1, 0.15) is 17.5 Å². The van der Waals surface area contributed by atoms with E-state index in [1.807, 2.05) is 0 Å². The average Bonchev–Trinajstić information content (AvgIpc) is 2.32. The summed E-state index contributed by atoms with van der Waals surface area (Å²) in [4.78, 5) is 15.1. The third kappa shape index (κ3) is 4.29. The molecule has 0 bridgehead atoms. The molecule has 1 aromatic heterocycles. The predicted molar refractivity (Wildman–Crippen MR) is 78.6 cm³/mol. The second kappa shape index (κ2) is 7.39. The minimum Gasteiger partial charge on any atom is -1.00 e. The van der Waals surface area contributed by atoms with Crippen LogP contribution in [-0.2, 0) is 0 Å². The van der Waals surface area contributed by atoms with Crippen molar-refractivity contribution in [3.63, 3.8) is 0 Å². The van der Waals surface area contributed by atoms with Crippen molar-refractivity contribution < 1.29 is 34.9 Å². The Labute approximate surface area is 149 Å². The first-order chi connectivity index (χ1) is 9.38. The molecule has 0 spiro atoms. The molecule has 0 aliphatic rings. The molecule has 0 atom stereocenters. The monoisotopic (exact) mass is 339 g/mol. The first-order valence-electron chi connectivity index (χ1n) is 5.42. The van der Waals surface area contributed by atoms with Gasteiger partial charge in [0.05, 0.1) is 5.02 Å². The smallest absolute Gasteiger partial charge is 1.00 e. The molecule has 0 radical (unpaired) electrons. The maximum Gasteiger partial charge on any atom is 1.00 e. The molecule has 0 aliphatic heterocycles. The van der Waals surface area contributed by atoms with Gasteiger partial charge in [0.25, 0.3) is 0 Å². The van der Waals surface area contributed by atoms with Gasteiger partial charge in [0, 0.05) is 22.8 Å². The first kappa shape index (κ1) is 18.2. The summed E-state index contributed by atoms with van der Waals surface area (Å²) >= 11 is 17.7. The maximum absolute atomic E-state index is 11.2. The van der Waals surface area contributed by atoms with Crippen molar-refractivity contribution in [1.82, 2.24) is 4.98 Å². The van der Waals surface area contributed by atoms with Crippen LogP contribution in [0.2, 0.25) is 15.2 Å². The van der Waals surface area contributed by atoms with E-state index in [9.17, 15) is 9.90 Å². The van der Waals surface area contributed by atoms with Crippen LogP contribution in [0.3, 0.4) is 0 Å². The van der Waals surface area contributed by atoms with Crippen molar-refractivity contribution in [1.29, 1.82) is 0 Å². The van der Waals surface area contributed by atoms with Gasteiger partial charge in [-0.25, -0.2) is 9.78 Å². The summed E-state index contributed by atoms with van der Waals surface area (Å²) in [7, 11) is 0. The third-order valence-electron chi connectivity index (χ3n) is 2.39. The number of hydrogen-bond acceptors (Lipinski definition) is 3. The van der Waals surface area contributed by atoms with Crippen LogP contribution in [0.25, 0.3) is 0 Å². The Balaban J connectivity index is 0.00000220. The van der Waals surface area contributed by atoms with Crippen LogP contribution in [0.4, 0.5) is 0 Å². The standard InChI is InChI=1S/C13H8Cl3NO3.Li.H/c1-6-4-10(11(13(18)19)12(16)17-6)20-9-5-7(14)2-3-8(9)15;;/h2-5H,1H3,(H,18,19);;/q;+1;-1. The fourth-order valence-electron chi connectivity index (χ4n) is 1.55. The summed E-state index contributed by atoms with van der Waals surface area (Å²) in [5.74, 6) is -0.946. The average molecular weight is 341 g/mol. The second-order valence-electron chi connectivity index (χ2n) is 3.91. The van der Waals surface area contributed by atoms with Crippen LogP contribution >= 0.6 is 34.8 Å². The Bertz CT molecular complexity index is 700. The van der Waals surface area contributed by atoms with Gasteiger partial charge < -0.3 is 11.3 Å². The Morgan fingerprint density at radius 1 is 1.24 bits per heavy atom. The maximum atomic E-state index is 11.2. The predicted octanol–water partition coefficient (Wildman–Crippen LogP) is 1.96. The molecular formula is C13H9Cl3LiNO3. The summed E-state index contributed by atoms with van der Waals surface area (Å²) in [6.45, 7) is 1.67. The molecule has 0 fully saturated rings. The molecule has 0 saturated heterocycles. The van der Waals surface area contributed by atoms with E-state index >= 15 is 0 Å². The van der Waals surface area contributed by atoms with Gasteiger partial charge >= 0.3 is 24.8 Å². The van der Waals surface area contributed by atoms with Crippen LogP contribution in [0, 0.1) is 6.92 Å². The van der Waals surface area contributed by atoms with E-state index in [1.165, 1.54) is 12.1 Å². The van der Waals surface area contributed by atoms with E-state index in [0.717, 1.165) is 0 Å². The molecule has 0 saturated carbocycles. The Kier molecular flexibility index (Phi) is 6.39. The van der Waals surface area contributed by atoms with Crippen molar-refractivity contribution in [2.75, 3.05) is 0 Å². The summed E-state index contributed by atoms with van der Waals surface area (Å²) in [5, 5.41) is 9.75. The molecular weight excluding hydrogens is 331 g/mol. The number of nitrogens with zero attached hydrogens (tertiary/aromatic N) is 1. The second-order valence-corrected chi connectivity index (χ2v) is 5.11. The van der Waals surface area contributed by atoms with Gasteiger partial charge in [-0.05, 0) is 19.1 Å². The van der Waals surface area contributed by atoms with E-state index in [0.29, 0.717) is 15.7 Å². The molecule has 2 rings (SSSR count). The summed E-state index contributed by atoms with van der Waals surface area (Å²) in [6, 6.07) is 6.10. The zero-order chi connectivity index (χ0) is 14.9. The molecule has 1 heterocycles. The van der Waals surface area contributed by atoms with Crippen molar-refractivity contribution in [3.05, 3.63) is 50.7 Å². The normalized spacial score (nSPS) is 9.90. The quantitative estimate of drug-likeness (QED) is 0.685. The van der Waals surface area contributed by atoms with Gasteiger partial charge in [-0.3, -0.25) is 0 Å². The van der Waals surface area contributed by atoms with Crippen molar-refractivity contribution in [2.45, 2.75) is 6.92 Å². The molecule has 2 aromatic rings.